The van der Waals surface area contributed by atoms with Crippen molar-refractivity contribution in [3.63, 3.8) is 0 Å². The first kappa shape index (κ1) is 14.3. The number of rotatable bonds is 4. The quantitative estimate of drug-likeness (QED) is 0.709. The third-order valence-corrected chi connectivity index (χ3v) is 4.34. The third kappa shape index (κ3) is 3.22. The van der Waals surface area contributed by atoms with E-state index in [2.05, 4.69) is 10.5 Å². The average molecular weight is 308 g/mol. The summed E-state index contributed by atoms with van der Waals surface area (Å²) in [5, 5.41) is 0. The van der Waals surface area contributed by atoms with Crippen LogP contribution in [0.3, 0.4) is 0 Å². The zero-order valence-electron chi connectivity index (χ0n) is 13.0. The number of oxazole rings is 1. The Kier molecular flexibility index (Phi) is 3.99. The summed E-state index contributed by atoms with van der Waals surface area (Å²) in [7, 11) is 0. The van der Waals surface area contributed by atoms with Gasteiger partial charge in [-0.2, -0.15) is 5.48 Å². The van der Waals surface area contributed by atoms with Gasteiger partial charge in [-0.25, -0.2) is 4.98 Å². The molecule has 0 aliphatic heterocycles. The maximum atomic E-state index is 5.78. The summed E-state index contributed by atoms with van der Waals surface area (Å²) >= 11 is 0. The highest BCUT2D eigenvalue weighted by Gasteiger charge is 2.13. The van der Waals surface area contributed by atoms with Gasteiger partial charge in [0.15, 0.2) is 5.58 Å². The molecule has 118 valence electrons. The second-order valence-electron chi connectivity index (χ2n) is 6.07. The Morgan fingerprint density at radius 1 is 0.957 bits per heavy atom. The lowest BCUT2D eigenvalue weighted by Crippen LogP contribution is -2.33. The van der Waals surface area contributed by atoms with E-state index < -0.39 is 0 Å². The Labute approximate surface area is 135 Å². The van der Waals surface area contributed by atoms with Gasteiger partial charge >= 0.3 is 0 Å². The zero-order valence-corrected chi connectivity index (χ0v) is 13.0. The van der Waals surface area contributed by atoms with E-state index in [0.29, 0.717) is 11.9 Å². The Morgan fingerprint density at radius 3 is 2.52 bits per heavy atom. The highest BCUT2D eigenvalue weighted by molar-refractivity contribution is 5.76. The number of para-hydroxylation sites is 2. The Bertz CT molecular complexity index is 740. The van der Waals surface area contributed by atoms with Crippen molar-refractivity contribution in [1.82, 2.24) is 10.5 Å². The van der Waals surface area contributed by atoms with Crippen LogP contribution in [0.5, 0.6) is 5.75 Å². The number of fused-ring (bicyclic) bond motifs is 1. The lowest BCUT2D eigenvalue weighted by molar-refractivity contribution is 0.133. The lowest BCUT2D eigenvalue weighted by atomic mass is 9.96. The first-order valence-electron chi connectivity index (χ1n) is 8.27. The molecule has 1 heterocycles. The highest BCUT2D eigenvalue weighted by Crippen LogP contribution is 2.26. The fraction of sp³-hybridized carbons (Fsp3) is 0.316. The van der Waals surface area contributed by atoms with Crippen molar-refractivity contribution in [3.05, 3.63) is 48.5 Å². The molecule has 0 spiro atoms. The van der Waals surface area contributed by atoms with Gasteiger partial charge in [0, 0.05) is 11.6 Å². The van der Waals surface area contributed by atoms with Crippen molar-refractivity contribution in [2.45, 2.75) is 38.1 Å². The fourth-order valence-electron chi connectivity index (χ4n) is 3.03. The van der Waals surface area contributed by atoms with E-state index in [0.717, 1.165) is 22.4 Å². The molecular weight excluding hydrogens is 288 g/mol. The second-order valence-corrected chi connectivity index (χ2v) is 6.07. The standard InChI is InChI=1S/C19H20N2O2/c1-2-6-15(7-3-1)21-23-16-12-10-14(11-13-16)19-20-17-8-4-5-9-18(17)22-19/h4-5,8-13,15,21H,1-3,6-7H2. The molecule has 1 fully saturated rings. The van der Waals surface area contributed by atoms with Crippen molar-refractivity contribution >= 4 is 11.1 Å². The third-order valence-electron chi connectivity index (χ3n) is 4.34. The molecule has 0 radical (unpaired) electrons. The minimum Gasteiger partial charge on any atom is -0.436 e. The van der Waals surface area contributed by atoms with E-state index in [1.165, 1.54) is 32.1 Å². The van der Waals surface area contributed by atoms with Crippen LogP contribution in [0.15, 0.2) is 52.9 Å². The number of hydrogen-bond acceptors (Lipinski definition) is 4. The summed E-state index contributed by atoms with van der Waals surface area (Å²) in [6.45, 7) is 0. The second kappa shape index (κ2) is 6.42. The molecule has 0 amide bonds. The van der Waals surface area contributed by atoms with Crippen molar-refractivity contribution in [3.8, 4) is 17.2 Å². The van der Waals surface area contributed by atoms with Gasteiger partial charge in [0.25, 0.3) is 0 Å². The smallest absolute Gasteiger partial charge is 0.227 e. The molecule has 1 aliphatic rings. The number of benzene rings is 2. The molecule has 3 aromatic rings. The van der Waals surface area contributed by atoms with E-state index in [1.807, 2.05) is 48.5 Å². The fourth-order valence-corrected chi connectivity index (χ4v) is 3.03. The van der Waals surface area contributed by atoms with E-state index in [-0.39, 0.29) is 0 Å². The number of nitrogens with zero attached hydrogens (tertiary/aromatic N) is 1. The summed E-state index contributed by atoms with van der Waals surface area (Å²) < 4.78 is 5.78. The van der Waals surface area contributed by atoms with Crippen LogP contribution in [0.2, 0.25) is 0 Å². The van der Waals surface area contributed by atoms with E-state index in [4.69, 9.17) is 9.25 Å². The Hall–Kier alpha value is -2.33. The highest BCUT2D eigenvalue weighted by atomic mass is 16.6. The minimum atomic E-state index is 0.473. The van der Waals surface area contributed by atoms with Crippen LogP contribution in [-0.4, -0.2) is 11.0 Å². The van der Waals surface area contributed by atoms with Crippen molar-refractivity contribution in [1.29, 1.82) is 0 Å². The molecule has 23 heavy (non-hydrogen) atoms. The Morgan fingerprint density at radius 2 is 1.74 bits per heavy atom. The monoisotopic (exact) mass is 308 g/mol. The first-order chi connectivity index (χ1) is 11.4. The van der Waals surface area contributed by atoms with Crippen LogP contribution in [0.1, 0.15) is 32.1 Å². The van der Waals surface area contributed by atoms with Crippen LogP contribution in [0, 0.1) is 0 Å². The predicted octanol–water partition coefficient (Wildman–Crippen LogP) is 4.71. The molecule has 4 rings (SSSR count). The molecular formula is C19H20N2O2. The van der Waals surface area contributed by atoms with Gasteiger partial charge in [0.2, 0.25) is 5.89 Å². The maximum absolute atomic E-state index is 5.78. The molecule has 4 nitrogen and oxygen atoms in total. The van der Waals surface area contributed by atoms with E-state index >= 15 is 0 Å². The molecule has 1 saturated carbocycles. The van der Waals surface area contributed by atoms with Crippen LogP contribution in [0.25, 0.3) is 22.6 Å². The van der Waals surface area contributed by atoms with Gasteiger partial charge in [0.1, 0.15) is 11.3 Å². The van der Waals surface area contributed by atoms with E-state index in [1.54, 1.807) is 0 Å². The SMILES string of the molecule is c1ccc2oc(-c3ccc(ONC4CCCCC4)cc3)nc2c1. The molecule has 4 heteroatoms. The number of hydrogen-bond donors (Lipinski definition) is 1. The van der Waals surface area contributed by atoms with Gasteiger partial charge in [-0.3, -0.25) is 0 Å². The van der Waals surface area contributed by atoms with Crippen LogP contribution < -0.4 is 10.3 Å². The molecule has 0 bridgehead atoms. The summed E-state index contributed by atoms with van der Waals surface area (Å²) in [6, 6.07) is 16.1. The number of aromatic nitrogens is 1. The average Bonchev–Trinajstić information content (AvgIpc) is 3.05. The summed E-state index contributed by atoms with van der Waals surface area (Å²) in [6.07, 6.45) is 6.31. The van der Waals surface area contributed by atoms with Crippen molar-refractivity contribution in [2.24, 2.45) is 0 Å². The summed E-state index contributed by atoms with van der Waals surface area (Å²) in [5.41, 5.74) is 5.81. The zero-order chi connectivity index (χ0) is 15.5. The molecule has 0 atom stereocenters. The lowest BCUT2D eigenvalue weighted by Gasteiger charge is -2.22. The minimum absolute atomic E-state index is 0.473. The Balaban J connectivity index is 1.44. The normalized spacial score (nSPS) is 15.8. The van der Waals surface area contributed by atoms with Gasteiger partial charge in [-0.1, -0.05) is 31.4 Å². The number of nitrogens with one attached hydrogen (secondary N) is 1. The molecule has 0 unspecified atom stereocenters. The van der Waals surface area contributed by atoms with Gasteiger partial charge in [0.05, 0.1) is 0 Å². The first-order valence-corrected chi connectivity index (χ1v) is 8.27. The van der Waals surface area contributed by atoms with Crippen molar-refractivity contribution < 1.29 is 9.25 Å². The molecule has 0 saturated heterocycles. The van der Waals surface area contributed by atoms with Crippen molar-refractivity contribution in [2.75, 3.05) is 0 Å². The van der Waals surface area contributed by atoms with Crippen LogP contribution in [-0.2, 0) is 0 Å². The summed E-state index contributed by atoms with van der Waals surface area (Å²) in [4.78, 5) is 10.2. The van der Waals surface area contributed by atoms with Gasteiger partial charge in [-0.05, 0) is 49.2 Å². The maximum Gasteiger partial charge on any atom is 0.227 e. The largest absolute Gasteiger partial charge is 0.436 e. The van der Waals surface area contributed by atoms with Gasteiger partial charge < -0.3 is 9.25 Å². The molecule has 1 aliphatic carbocycles. The molecule has 2 aromatic carbocycles. The van der Waals surface area contributed by atoms with Crippen LogP contribution >= 0.6 is 0 Å². The van der Waals surface area contributed by atoms with E-state index in [9.17, 15) is 0 Å². The summed E-state index contributed by atoms with van der Waals surface area (Å²) in [5.74, 6) is 1.45. The van der Waals surface area contributed by atoms with Crippen LogP contribution in [0.4, 0.5) is 0 Å². The topological polar surface area (TPSA) is 47.3 Å². The van der Waals surface area contributed by atoms with Gasteiger partial charge in [-0.15, -0.1) is 0 Å². The predicted molar refractivity (Wildman–Crippen MR) is 90.1 cm³/mol. The molecule has 1 aromatic heterocycles. The molecule has 1 N–H and O–H groups in total. The number of hydroxylamine groups is 1.